The van der Waals surface area contributed by atoms with Crippen molar-refractivity contribution in [3.63, 3.8) is 0 Å². The van der Waals surface area contributed by atoms with Crippen molar-refractivity contribution < 1.29 is 17.9 Å². The Morgan fingerprint density at radius 1 is 1.13 bits per heavy atom. The minimum absolute atomic E-state index is 0.0528. The van der Waals surface area contributed by atoms with E-state index in [1.54, 1.807) is 24.3 Å². The lowest BCUT2D eigenvalue weighted by atomic mass is 10.2. The first-order valence-corrected chi connectivity index (χ1v) is 10.6. The molecule has 0 aliphatic heterocycles. The number of amides is 1. The molecule has 0 atom stereocenters. The summed E-state index contributed by atoms with van der Waals surface area (Å²) in [6, 6.07) is 12.8. The number of benzene rings is 2. The largest absolute Gasteiger partial charge is 0.497 e. The third kappa shape index (κ3) is 5.12. The molecule has 0 saturated heterocycles. The molecule has 0 fully saturated rings. The molecule has 10 heteroatoms. The van der Waals surface area contributed by atoms with Crippen LogP contribution in [-0.2, 0) is 16.6 Å². The monoisotopic (exact) mass is 446 g/mol. The molecule has 0 saturated carbocycles. The van der Waals surface area contributed by atoms with Gasteiger partial charge in [0.2, 0.25) is 10.0 Å². The van der Waals surface area contributed by atoms with Gasteiger partial charge < -0.3 is 10.1 Å². The van der Waals surface area contributed by atoms with E-state index in [1.165, 1.54) is 50.8 Å². The smallest absolute Gasteiger partial charge is 0.258 e. The zero-order valence-corrected chi connectivity index (χ0v) is 17.8. The molecule has 0 aliphatic rings. The SMILES string of the molecule is COc1cccc(NC(=O)c2cnc(CN(C)S(=O)(=O)c3ccc(Cl)cc3)nc2)c1. The van der Waals surface area contributed by atoms with Crippen molar-refractivity contribution in [1.82, 2.24) is 14.3 Å². The van der Waals surface area contributed by atoms with Crippen molar-refractivity contribution in [2.75, 3.05) is 19.5 Å². The van der Waals surface area contributed by atoms with Crippen LogP contribution in [0.3, 0.4) is 0 Å². The molecule has 0 radical (unpaired) electrons. The lowest BCUT2D eigenvalue weighted by molar-refractivity contribution is 0.102. The first-order chi connectivity index (χ1) is 14.3. The minimum Gasteiger partial charge on any atom is -0.497 e. The van der Waals surface area contributed by atoms with Gasteiger partial charge in [-0.3, -0.25) is 4.79 Å². The van der Waals surface area contributed by atoms with E-state index in [0.29, 0.717) is 16.5 Å². The van der Waals surface area contributed by atoms with Crippen LogP contribution < -0.4 is 10.1 Å². The fourth-order valence-electron chi connectivity index (χ4n) is 2.53. The van der Waals surface area contributed by atoms with E-state index in [9.17, 15) is 13.2 Å². The van der Waals surface area contributed by atoms with Crippen molar-refractivity contribution in [1.29, 1.82) is 0 Å². The fraction of sp³-hybridized carbons (Fsp3) is 0.150. The molecule has 3 rings (SSSR count). The van der Waals surface area contributed by atoms with Gasteiger partial charge in [0.15, 0.2) is 0 Å². The van der Waals surface area contributed by atoms with Crippen LogP contribution in [0.25, 0.3) is 0 Å². The van der Waals surface area contributed by atoms with Gasteiger partial charge in [0, 0.05) is 36.2 Å². The number of nitrogens with one attached hydrogen (secondary N) is 1. The van der Waals surface area contributed by atoms with Gasteiger partial charge >= 0.3 is 0 Å². The summed E-state index contributed by atoms with van der Waals surface area (Å²) in [5.74, 6) is 0.481. The second-order valence-corrected chi connectivity index (χ2v) is 8.77. The number of anilines is 1. The van der Waals surface area contributed by atoms with E-state index in [1.807, 2.05) is 0 Å². The Morgan fingerprint density at radius 3 is 2.43 bits per heavy atom. The van der Waals surface area contributed by atoms with Crippen LogP contribution >= 0.6 is 11.6 Å². The van der Waals surface area contributed by atoms with Gasteiger partial charge in [-0.2, -0.15) is 4.31 Å². The highest BCUT2D eigenvalue weighted by Crippen LogP contribution is 2.19. The van der Waals surface area contributed by atoms with Crippen LogP contribution in [0.4, 0.5) is 5.69 Å². The summed E-state index contributed by atoms with van der Waals surface area (Å²) in [6.45, 7) is -0.0528. The number of sulfonamides is 1. The molecular formula is C20H19ClN4O4S. The van der Waals surface area contributed by atoms with Crippen LogP contribution in [0.1, 0.15) is 16.2 Å². The van der Waals surface area contributed by atoms with E-state index in [2.05, 4.69) is 15.3 Å². The zero-order valence-electron chi connectivity index (χ0n) is 16.2. The molecule has 1 heterocycles. The van der Waals surface area contributed by atoms with Gasteiger partial charge in [0.05, 0.1) is 24.1 Å². The topological polar surface area (TPSA) is 101 Å². The number of hydrogen-bond donors (Lipinski definition) is 1. The van der Waals surface area contributed by atoms with Gasteiger partial charge in [-0.1, -0.05) is 17.7 Å². The van der Waals surface area contributed by atoms with Gasteiger partial charge in [0.1, 0.15) is 11.6 Å². The summed E-state index contributed by atoms with van der Waals surface area (Å²) in [7, 11) is -0.758. The zero-order chi connectivity index (χ0) is 21.7. The number of aromatic nitrogens is 2. The standard InChI is InChI=1S/C20H19ClN4O4S/c1-25(30(27,28)18-8-6-15(21)7-9-18)13-19-22-11-14(12-23-19)20(26)24-16-4-3-5-17(10-16)29-2/h3-12H,13H2,1-2H3,(H,24,26). The Kier molecular flexibility index (Phi) is 6.66. The Morgan fingerprint density at radius 2 is 1.80 bits per heavy atom. The van der Waals surface area contributed by atoms with Crippen molar-refractivity contribution in [3.05, 3.63) is 77.3 Å². The Hall–Kier alpha value is -3.01. The highest BCUT2D eigenvalue weighted by molar-refractivity contribution is 7.89. The van der Waals surface area contributed by atoms with Gasteiger partial charge in [-0.25, -0.2) is 18.4 Å². The number of nitrogens with zero attached hydrogens (tertiary/aromatic N) is 3. The molecule has 2 aromatic carbocycles. The number of methoxy groups -OCH3 is 1. The predicted octanol–water partition coefficient (Wildman–Crippen LogP) is 3.21. The average molecular weight is 447 g/mol. The van der Waals surface area contributed by atoms with Crippen LogP contribution in [0.5, 0.6) is 5.75 Å². The number of halogens is 1. The molecule has 0 aliphatic carbocycles. The predicted molar refractivity (Wildman–Crippen MR) is 113 cm³/mol. The molecule has 1 amide bonds. The Labute approximate surface area is 179 Å². The highest BCUT2D eigenvalue weighted by Gasteiger charge is 2.22. The van der Waals surface area contributed by atoms with Crippen molar-refractivity contribution in [3.8, 4) is 5.75 Å². The van der Waals surface area contributed by atoms with Crippen molar-refractivity contribution in [2.45, 2.75) is 11.4 Å². The summed E-state index contributed by atoms with van der Waals surface area (Å²) < 4.78 is 31.5. The molecule has 1 aromatic heterocycles. The third-order valence-electron chi connectivity index (χ3n) is 4.18. The van der Waals surface area contributed by atoms with Crippen LogP contribution in [-0.4, -0.2) is 42.8 Å². The summed E-state index contributed by atoms with van der Waals surface area (Å²) in [5.41, 5.74) is 0.807. The first-order valence-electron chi connectivity index (χ1n) is 8.78. The third-order valence-corrected chi connectivity index (χ3v) is 6.25. The van der Waals surface area contributed by atoms with Gasteiger partial charge in [-0.05, 0) is 36.4 Å². The molecule has 0 spiro atoms. The minimum atomic E-state index is -3.72. The molecule has 0 bridgehead atoms. The molecule has 30 heavy (non-hydrogen) atoms. The number of rotatable bonds is 7. The van der Waals surface area contributed by atoms with Gasteiger partial charge in [0.25, 0.3) is 5.91 Å². The number of carbonyl (C=O) groups excluding carboxylic acids is 1. The molecule has 3 aromatic rings. The van der Waals surface area contributed by atoms with E-state index in [0.717, 1.165) is 4.31 Å². The van der Waals surface area contributed by atoms with Crippen LogP contribution in [0.15, 0.2) is 65.8 Å². The van der Waals surface area contributed by atoms with E-state index >= 15 is 0 Å². The lowest BCUT2D eigenvalue weighted by Gasteiger charge is -2.16. The molecule has 8 nitrogen and oxygen atoms in total. The Balaban J connectivity index is 1.67. The molecular weight excluding hydrogens is 428 g/mol. The van der Waals surface area contributed by atoms with Crippen LogP contribution in [0.2, 0.25) is 5.02 Å². The second kappa shape index (κ2) is 9.21. The first kappa shape index (κ1) is 21.7. The van der Waals surface area contributed by atoms with Crippen LogP contribution in [0, 0.1) is 0 Å². The normalized spacial score (nSPS) is 11.3. The quantitative estimate of drug-likeness (QED) is 0.598. The fourth-order valence-corrected chi connectivity index (χ4v) is 3.78. The van der Waals surface area contributed by atoms with E-state index in [4.69, 9.17) is 16.3 Å². The maximum atomic E-state index is 12.6. The number of ether oxygens (including phenoxy) is 1. The van der Waals surface area contributed by atoms with E-state index in [-0.39, 0.29) is 22.8 Å². The second-order valence-electron chi connectivity index (χ2n) is 6.29. The number of carbonyl (C=O) groups is 1. The maximum Gasteiger partial charge on any atom is 0.258 e. The molecule has 156 valence electrons. The maximum absolute atomic E-state index is 12.6. The summed E-state index contributed by atoms with van der Waals surface area (Å²) in [6.07, 6.45) is 2.70. The summed E-state index contributed by atoms with van der Waals surface area (Å²) in [4.78, 5) is 20.7. The highest BCUT2D eigenvalue weighted by atomic mass is 35.5. The Bertz CT molecular complexity index is 1140. The summed E-state index contributed by atoms with van der Waals surface area (Å²) >= 11 is 5.81. The molecule has 0 unspecified atom stereocenters. The number of hydrogen-bond acceptors (Lipinski definition) is 6. The molecule has 1 N–H and O–H groups in total. The average Bonchev–Trinajstić information content (AvgIpc) is 2.74. The summed E-state index contributed by atoms with van der Waals surface area (Å²) in [5, 5.41) is 3.17. The van der Waals surface area contributed by atoms with E-state index < -0.39 is 15.9 Å². The van der Waals surface area contributed by atoms with Crippen molar-refractivity contribution in [2.24, 2.45) is 0 Å². The van der Waals surface area contributed by atoms with Crippen molar-refractivity contribution >= 4 is 33.2 Å². The van der Waals surface area contributed by atoms with Gasteiger partial charge in [-0.15, -0.1) is 0 Å². The lowest BCUT2D eigenvalue weighted by Crippen LogP contribution is -2.27.